The Labute approximate surface area is 189 Å². The van der Waals surface area contributed by atoms with Crippen LogP contribution in [0.3, 0.4) is 0 Å². The normalized spacial score (nSPS) is 15.1. The highest BCUT2D eigenvalue weighted by Crippen LogP contribution is 2.18. The quantitative estimate of drug-likeness (QED) is 0.355. The van der Waals surface area contributed by atoms with E-state index < -0.39 is 0 Å². The van der Waals surface area contributed by atoms with Gasteiger partial charge in [0.15, 0.2) is 23.4 Å². The maximum absolute atomic E-state index is 14.1. The molecule has 1 aliphatic heterocycles. The summed E-state index contributed by atoms with van der Waals surface area (Å²) in [5.74, 6) is 2.24. The molecule has 0 amide bonds. The van der Waals surface area contributed by atoms with Gasteiger partial charge in [-0.15, -0.1) is 10.2 Å². The Morgan fingerprint density at radius 1 is 1.31 bits per heavy atom. The monoisotopic (exact) mass is 447 g/mol. The van der Waals surface area contributed by atoms with E-state index in [9.17, 15) is 4.39 Å². The van der Waals surface area contributed by atoms with E-state index in [-0.39, 0.29) is 11.6 Å². The van der Waals surface area contributed by atoms with Crippen molar-refractivity contribution >= 4 is 5.96 Å². The molecule has 1 saturated heterocycles. The van der Waals surface area contributed by atoms with E-state index >= 15 is 0 Å². The van der Waals surface area contributed by atoms with Gasteiger partial charge >= 0.3 is 0 Å². The summed E-state index contributed by atoms with van der Waals surface area (Å²) in [6.45, 7) is 8.20. The van der Waals surface area contributed by atoms with E-state index in [0.29, 0.717) is 13.1 Å². The average molecular weight is 448 g/mol. The van der Waals surface area contributed by atoms with Gasteiger partial charge < -0.3 is 24.3 Å². The first-order valence-corrected chi connectivity index (χ1v) is 10.9. The Kier molecular flexibility index (Phi) is 8.81. The van der Waals surface area contributed by atoms with Crippen molar-refractivity contribution in [2.75, 3.05) is 53.6 Å². The van der Waals surface area contributed by atoms with E-state index in [1.54, 1.807) is 6.07 Å². The van der Waals surface area contributed by atoms with Crippen molar-refractivity contribution in [3.63, 3.8) is 0 Å². The molecular formula is C22H34FN7O2. The minimum absolute atomic E-state index is 0.240. The van der Waals surface area contributed by atoms with Crippen LogP contribution in [-0.2, 0) is 24.9 Å². The van der Waals surface area contributed by atoms with Gasteiger partial charge in [-0.25, -0.2) is 9.38 Å². The van der Waals surface area contributed by atoms with Gasteiger partial charge in [0.05, 0.1) is 20.3 Å². The maximum Gasteiger partial charge on any atom is 0.194 e. The molecule has 10 heteroatoms. The smallest absolute Gasteiger partial charge is 0.194 e. The summed E-state index contributed by atoms with van der Waals surface area (Å²) in [5, 5.41) is 11.8. The number of benzene rings is 1. The highest BCUT2D eigenvalue weighted by atomic mass is 19.1. The zero-order chi connectivity index (χ0) is 22.9. The fourth-order valence-electron chi connectivity index (χ4n) is 3.53. The predicted molar refractivity (Wildman–Crippen MR) is 121 cm³/mol. The molecule has 0 atom stereocenters. The first-order valence-electron chi connectivity index (χ1n) is 10.9. The molecule has 2 aromatic rings. The van der Waals surface area contributed by atoms with E-state index in [0.717, 1.165) is 69.0 Å². The Hall–Kier alpha value is -2.72. The number of methoxy groups -OCH3 is 1. The van der Waals surface area contributed by atoms with Crippen molar-refractivity contribution in [3.05, 3.63) is 41.2 Å². The summed E-state index contributed by atoms with van der Waals surface area (Å²) in [7, 11) is 5.33. The summed E-state index contributed by atoms with van der Waals surface area (Å²) in [5.41, 5.74) is 0.836. The van der Waals surface area contributed by atoms with Gasteiger partial charge in [-0.1, -0.05) is 6.07 Å². The number of rotatable bonds is 9. The summed E-state index contributed by atoms with van der Waals surface area (Å²) < 4.78 is 26.5. The number of aliphatic imine (C=N–C) groups is 1. The molecule has 1 aromatic carbocycles. The van der Waals surface area contributed by atoms with Gasteiger partial charge in [0, 0.05) is 40.3 Å². The van der Waals surface area contributed by atoms with Gasteiger partial charge in [-0.3, -0.25) is 4.90 Å². The molecule has 0 bridgehead atoms. The fourth-order valence-corrected chi connectivity index (χ4v) is 3.53. The van der Waals surface area contributed by atoms with Crippen molar-refractivity contribution in [1.82, 2.24) is 29.9 Å². The standard InChI is InChI=1S/C22H34FN7O2/c1-17-26-27-21(29(17)3)15-25-22(24-8-5-9-30-10-12-32-13-11-30)28(2)16-18-6-7-20(31-4)19(23)14-18/h6-7,14H,5,8-13,15-16H2,1-4H3,(H,24,25). The molecule has 1 fully saturated rings. The molecule has 1 N–H and O–H groups in total. The average Bonchev–Trinajstić information content (AvgIpc) is 3.11. The topological polar surface area (TPSA) is 80.0 Å². The lowest BCUT2D eigenvalue weighted by Gasteiger charge is -2.27. The minimum atomic E-state index is -0.370. The molecule has 176 valence electrons. The van der Waals surface area contributed by atoms with Gasteiger partial charge in [0.2, 0.25) is 0 Å². The summed E-state index contributed by atoms with van der Waals surface area (Å²) >= 11 is 0. The predicted octanol–water partition coefficient (Wildman–Crippen LogP) is 1.57. The molecule has 1 aromatic heterocycles. The second-order valence-electron chi connectivity index (χ2n) is 7.92. The third-order valence-electron chi connectivity index (χ3n) is 5.59. The molecule has 0 saturated carbocycles. The second-order valence-corrected chi connectivity index (χ2v) is 7.92. The number of nitrogens with zero attached hydrogens (tertiary/aromatic N) is 6. The lowest BCUT2D eigenvalue weighted by Crippen LogP contribution is -2.41. The number of morpholine rings is 1. The minimum Gasteiger partial charge on any atom is -0.494 e. The van der Waals surface area contributed by atoms with Crippen molar-refractivity contribution in [1.29, 1.82) is 0 Å². The molecule has 3 rings (SSSR count). The van der Waals surface area contributed by atoms with Gasteiger partial charge in [0.25, 0.3) is 0 Å². The number of ether oxygens (including phenoxy) is 2. The van der Waals surface area contributed by atoms with Crippen LogP contribution in [0.1, 0.15) is 23.6 Å². The van der Waals surface area contributed by atoms with E-state index in [1.807, 2.05) is 36.6 Å². The lowest BCUT2D eigenvalue weighted by molar-refractivity contribution is 0.0375. The molecule has 1 aliphatic rings. The van der Waals surface area contributed by atoms with Crippen LogP contribution in [-0.4, -0.2) is 84.1 Å². The molecule has 32 heavy (non-hydrogen) atoms. The van der Waals surface area contributed by atoms with E-state index in [2.05, 4.69) is 20.4 Å². The number of aromatic nitrogens is 3. The lowest BCUT2D eigenvalue weighted by atomic mass is 10.2. The third-order valence-corrected chi connectivity index (χ3v) is 5.59. The number of nitrogens with one attached hydrogen (secondary N) is 1. The van der Waals surface area contributed by atoms with Gasteiger partial charge in [-0.2, -0.15) is 0 Å². The number of aryl methyl sites for hydroxylation is 1. The number of hydrogen-bond donors (Lipinski definition) is 1. The van der Waals surface area contributed by atoms with Crippen LogP contribution in [0.5, 0.6) is 5.75 Å². The first-order chi connectivity index (χ1) is 15.5. The SMILES string of the molecule is COc1ccc(CN(C)C(=NCc2nnc(C)n2C)NCCCN2CCOCC2)cc1F. The Bertz CT molecular complexity index is 896. The van der Waals surface area contributed by atoms with Crippen molar-refractivity contribution in [2.24, 2.45) is 12.0 Å². The van der Waals surface area contributed by atoms with Crippen LogP contribution in [0.25, 0.3) is 0 Å². The highest BCUT2D eigenvalue weighted by Gasteiger charge is 2.13. The van der Waals surface area contributed by atoms with Crippen molar-refractivity contribution in [2.45, 2.75) is 26.4 Å². The Balaban J connectivity index is 1.63. The van der Waals surface area contributed by atoms with Crippen molar-refractivity contribution in [3.8, 4) is 5.75 Å². The van der Waals surface area contributed by atoms with Gasteiger partial charge in [0.1, 0.15) is 12.4 Å². The highest BCUT2D eigenvalue weighted by molar-refractivity contribution is 5.79. The molecule has 0 radical (unpaired) electrons. The van der Waals surface area contributed by atoms with Crippen LogP contribution < -0.4 is 10.1 Å². The van der Waals surface area contributed by atoms with E-state index in [1.165, 1.54) is 13.2 Å². The molecular weight excluding hydrogens is 413 g/mol. The zero-order valence-electron chi connectivity index (χ0n) is 19.5. The number of hydrogen-bond acceptors (Lipinski definition) is 6. The first kappa shape index (κ1) is 23.9. The van der Waals surface area contributed by atoms with Gasteiger partial charge in [-0.05, 0) is 37.6 Å². The molecule has 0 aliphatic carbocycles. The van der Waals surface area contributed by atoms with Crippen LogP contribution in [0.2, 0.25) is 0 Å². The number of guanidine groups is 1. The Morgan fingerprint density at radius 3 is 2.75 bits per heavy atom. The molecule has 0 unspecified atom stereocenters. The second kappa shape index (κ2) is 11.8. The van der Waals surface area contributed by atoms with Crippen LogP contribution in [0, 0.1) is 12.7 Å². The molecule has 0 spiro atoms. The summed E-state index contributed by atoms with van der Waals surface area (Å²) in [4.78, 5) is 9.16. The number of halogens is 1. The maximum atomic E-state index is 14.1. The molecule has 9 nitrogen and oxygen atoms in total. The Morgan fingerprint density at radius 2 is 2.09 bits per heavy atom. The third kappa shape index (κ3) is 6.64. The summed E-state index contributed by atoms with van der Waals surface area (Å²) in [6.07, 6.45) is 0.993. The van der Waals surface area contributed by atoms with Crippen LogP contribution in [0.4, 0.5) is 4.39 Å². The van der Waals surface area contributed by atoms with Crippen LogP contribution in [0.15, 0.2) is 23.2 Å². The van der Waals surface area contributed by atoms with Crippen molar-refractivity contribution < 1.29 is 13.9 Å². The fraction of sp³-hybridized carbons (Fsp3) is 0.591. The van der Waals surface area contributed by atoms with Crippen LogP contribution >= 0.6 is 0 Å². The largest absolute Gasteiger partial charge is 0.494 e. The zero-order valence-corrected chi connectivity index (χ0v) is 19.5. The summed E-state index contributed by atoms with van der Waals surface area (Å²) in [6, 6.07) is 5.01. The molecule has 2 heterocycles. The van der Waals surface area contributed by atoms with E-state index in [4.69, 9.17) is 14.5 Å².